The quantitative estimate of drug-likeness (QED) is 0.757. The summed E-state index contributed by atoms with van der Waals surface area (Å²) in [5, 5.41) is 0. The van der Waals surface area contributed by atoms with Crippen LogP contribution in [0.1, 0.15) is 44.1 Å². The Morgan fingerprint density at radius 3 is 2.04 bits per heavy atom. The van der Waals surface area contributed by atoms with E-state index in [0.29, 0.717) is 6.04 Å². The van der Waals surface area contributed by atoms with Gasteiger partial charge < -0.3 is 9.64 Å². The van der Waals surface area contributed by atoms with Gasteiger partial charge in [-0.3, -0.25) is 4.90 Å². The molecule has 0 aromatic heterocycles. The zero-order chi connectivity index (χ0) is 19.0. The molecular formula is C25H32N2O. The second-order valence-corrected chi connectivity index (χ2v) is 9.29. The number of hydrogen-bond donors (Lipinski definition) is 0. The van der Waals surface area contributed by atoms with Crippen LogP contribution in [0.25, 0.3) is 0 Å². The highest BCUT2D eigenvalue weighted by atomic mass is 16.5. The largest absolute Gasteiger partial charge is 0.366 e. The summed E-state index contributed by atoms with van der Waals surface area (Å²) in [5.74, 6) is 0. The van der Waals surface area contributed by atoms with E-state index in [1.807, 2.05) is 0 Å². The second-order valence-electron chi connectivity index (χ2n) is 9.29. The fourth-order valence-corrected chi connectivity index (χ4v) is 5.33. The van der Waals surface area contributed by atoms with Gasteiger partial charge in [-0.1, -0.05) is 48.5 Å². The van der Waals surface area contributed by atoms with Gasteiger partial charge in [0, 0.05) is 31.4 Å². The number of rotatable bonds is 4. The van der Waals surface area contributed by atoms with E-state index in [1.54, 1.807) is 0 Å². The van der Waals surface area contributed by atoms with Crippen molar-refractivity contribution < 1.29 is 4.74 Å². The molecule has 1 heterocycles. The Kier molecular flexibility index (Phi) is 4.68. The first-order valence-electron chi connectivity index (χ1n) is 10.9. The molecule has 2 aliphatic carbocycles. The molecule has 3 fully saturated rings. The van der Waals surface area contributed by atoms with E-state index in [2.05, 4.69) is 77.5 Å². The molecule has 1 saturated heterocycles. The summed E-state index contributed by atoms with van der Waals surface area (Å²) >= 11 is 0. The smallest absolute Gasteiger partial charge is 0.0867 e. The van der Waals surface area contributed by atoms with Crippen LogP contribution in [0.2, 0.25) is 0 Å². The van der Waals surface area contributed by atoms with Crippen LogP contribution in [0, 0.1) is 0 Å². The number of benzene rings is 2. The van der Waals surface area contributed by atoms with Crippen molar-refractivity contribution in [1.82, 2.24) is 4.90 Å². The molecule has 3 nitrogen and oxygen atoms in total. The fourth-order valence-electron chi connectivity index (χ4n) is 5.33. The maximum Gasteiger partial charge on any atom is 0.0867 e. The minimum absolute atomic E-state index is 0.0503. The maximum atomic E-state index is 6.85. The van der Waals surface area contributed by atoms with Crippen molar-refractivity contribution in [2.24, 2.45) is 0 Å². The summed E-state index contributed by atoms with van der Waals surface area (Å²) in [6.45, 7) is 3.16. The molecule has 148 valence electrons. The van der Waals surface area contributed by atoms with Crippen LogP contribution in [-0.4, -0.2) is 42.3 Å². The van der Waals surface area contributed by atoms with Crippen LogP contribution in [0.15, 0.2) is 60.7 Å². The fraction of sp³-hybridized carbons (Fsp3) is 0.520. The van der Waals surface area contributed by atoms with Gasteiger partial charge in [0.25, 0.3) is 0 Å². The topological polar surface area (TPSA) is 15.7 Å². The molecule has 0 amide bonds. The zero-order valence-corrected chi connectivity index (χ0v) is 17.0. The molecule has 1 aliphatic heterocycles. The third-order valence-corrected chi connectivity index (χ3v) is 7.08. The first-order valence-corrected chi connectivity index (χ1v) is 10.9. The molecule has 2 aromatic rings. The Labute approximate surface area is 169 Å². The molecule has 5 rings (SSSR count). The van der Waals surface area contributed by atoms with Crippen molar-refractivity contribution in [2.45, 2.75) is 62.3 Å². The third-order valence-electron chi connectivity index (χ3n) is 7.08. The third kappa shape index (κ3) is 3.70. The first-order chi connectivity index (χ1) is 13.7. The van der Waals surface area contributed by atoms with E-state index in [0.717, 1.165) is 19.6 Å². The number of morpholine rings is 1. The van der Waals surface area contributed by atoms with Crippen LogP contribution in [0.3, 0.4) is 0 Å². The van der Waals surface area contributed by atoms with Gasteiger partial charge in [-0.2, -0.15) is 0 Å². The van der Waals surface area contributed by atoms with Gasteiger partial charge in [0.05, 0.1) is 11.2 Å². The number of hydrogen-bond acceptors (Lipinski definition) is 3. The van der Waals surface area contributed by atoms with Gasteiger partial charge in [0.2, 0.25) is 0 Å². The van der Waals surface area contributed by atoms with Gasteiger partial charge >= 0.3 is 0 Å². The molecule has 0 N–H and O–H groups in total. The minimum atomic E-state index is 0.0503. The molecular weight excluding hydrogens is 344 g/mol. The van der Waals surface area contributed by atoms with E-state index < -0.39 is 0 Å². The maximum absolute atomic E-state index is 6.85. The molecule has 3 heteroatoms. The summed E-state index contributed by atoms with van der Waals surface area (Å²) in [6, 6.07) is 22.5. The normalized spacial score (nSPS) is 28.8. The Morgan fingerprint density at radius 1 is 0.857 bits per heavy atom. The highest BCUT2D eigenvalue weighted by molar-refractivity contribution is 5.48. The molecule has 2 spiro atoms. The van der Waals surface area contributed by atoms with Crippen LogP contribution in [0.5, 0.6) is 0 Å². The van der Waals surface area contributed by atoms with Gasteiger partial charge in [0.15, 0.2) is 0 Å². The van der Waals surface area contributed by atoms with E-state index in [-0.39, 0.29) is 11.2 Å². The predicted molar refractivity (Wildman–Crippen MR) is 115 cm³/mol. The average molecular weight is 377 g/mol. The highest BCUT2D eigenvalue weighted by Gasteiger charge is 2.56. The van der Waals surface area contributed by atoms with Gasteiger partial charge in [0.1, 0.15) is 0 Å². The van der Waals surface area contributed by atoms with Crippen molar-refractivity contribution in [3.8, 4) is 0 Å². The summed E-state index contributed by atoms with van der Waals surface area (Å²) in [7, 11) is 2.29. The standard InChI is InChI=1S/C25H32N2O/c1-26(18-21-8-4-2-5-9-21)22-12-14-24(15-13-22)19-27(20-25(28-24)16-17-25)23-10-6-3-7-11-23/h2-11,22H,12-20H2,1H3/t22-,24+. The highest BCUT2D eigenvalue weighted by Crippen LogP contribution is 2.51. The predicted octanol–water partition coefficient (Wildman–Crippen LogP) is 4.87. The lowest BCUT2D eigenvalue weighted by Gasteiger charge is -2.51. The Balaban J connectivity index is 1.25. The lowest BCUT2D eigenvalue weighted by atomic mass is 9.79. The number of nitrogens with zero attached hydrogens (tertiary/aromatic N) is 2. The van der Waals surface area contributed by atoms with Crippen molar-refractivity contribution in [3.63, 3.8) is 0 Å². The molecule has 2 saturated carbocycles. The molecule has 0 atom stereocenters. The average Bonchev–Trinajstić information content (AvgIpc) is 3.47. The second kappa shape index (κ2) is 7.20. The molecule has 0 radical (unpaired) electrons. The Hall–Kier alpha value is -1.84. The summed E-state index contributed by atoms with van der Waals surface area (Å²) in [6.07, 6.45) is 7.30. The van der Waals surface area contributed by atoms with Gasteiger partial charge in [-0.25, -0.2) is 0 Å². The van der Waals surface area contributed by atoms with E-state index >= 15 is 0 Å². The zero-order valence-electron chi connectivity index (χ0n) is 17.0. The number of para-hydroxylation sites is 1. The Bertz CT molecular complexity index is 779. The molecule has 2 aromatic carbocycles. The van der Waals surface area contributed by atoms with Crippen molar-refractivity contribution in [2.75, 3.05) is 25.0 Å². The van der Waals surface area contributed by atoms with Crippen molar-refractivity contribution in [3.05, 3.63) is 66.2 Å². The van der Waals surface area contributed by atoms with Crippen LogP contribution < -0.4 is 4.90 Å². The number of anilines is 1. The van der Waals surface area contributed by atoms with Crippen LogP contribution in [-0.2, 0) is 11.3 Å². The minimum Gasteiger partial charge on any atom is -0.366 e. The van der Waals surface area contributed by atoms with Crippen molar-refractivity contribution >= 4 is 5.69 Å². The Morgan fingerprint density at radius 2 is 1.43 bits per heavy atom. The van der Waals surface area contributed by atoms with E-state index in [4.69, 9.17) is 4.74 Å². The first kappa shape index (κ1) is 18.2. The lowest BCUT2D eigenvalue weighted by molar-refractivity contribution is -0.144. The SMILES string of the molecule is CN(Cc1ccccc1)[C@H]1CC[C@@]2(CC1)CN(c1ccccc1)CC1(CC1)O2. The van der Waals surface area contributed by atoms with Gasteiger partial charge in [-0.05, 0) is 63.3 Å². The summed E-state index contributed by atoms with van der Waals surface area (Å²) < 4.78 is 6.85. The van der Waals surface area contributed by atoms with Crippen molar-refractivity contribution in [1.29, 1.82) is 0 Å². The monoisotopic (exact) mass is 376 g/mol. The number of ether oxygens (including phenoxy) is 1. The lowest BCUT2D eigenvalue weighted by Crippen LogP contribution is -2.59. The molecule has 3 aliphatic rings. The van der Waals surface area contributed by atoms with Crippen LogP contribution in [0.4, 0.5) is 5.69 Å². The van der Waals surface area contributed by atoms with E-state index in [9.17, 15) is 0 Å². The van der Waals surface area contributed by atoms with E-state index in [1.165, 1.54) is 49.8 Å². The van der Waals surface area contributed by atoms with Crippen LogP contribution >= 0.6 is 0 Å². The molecule has 0 unspecified atom stereocenters. The van der Waals surface area contributed by atoms with Gasteiger partial charge in [-0.15, -0.1) is 0 Å². The summed E-state index contributed by atoms with van der Waals surface area (Å²) in [5.41, 5.74) is 2.96. The molecule has 0 bridgehead atoms. The summed E-state index contributed by atoms with van der Waals surface area (Å²) in [4.78, 5) is 5.15. The molecule has 28 heavy (non-hydrogen) atoms.